The fraction of sp³-hybridized carbons (Fsp3) is 0.529. The number of hydrogen-bond acceptors (Lipinski definition) is 6. The molecule has 312 valence electrons. The van der Waals surface area contributed by atoms with Gasteiger partial charge in [-0.1, -0.05) is 41.5 Å². The summed E-state index contributed by atoms with van der Waals surface area (Å²) in [6, 6.07) is 13.1. The van der Waals surface area contributed by atoms with E-state index in [0.717, 1.165) is 126 Å². The highest BCUT2D eigenvalue weighted by Gasteiger charge is 2.26. The predicted octanol–water partition coefficient (Wildman–Crippen LogP) is 12.6. The zero-order valence-electron chi connectivity index (χ0n) is 38.0. The van der Waals surface area contributed by atoms with Crippen LogP contribution in [0, 0.1) is 20.8 Å². The smallest absolute Gasteiger partial charge is 0.123 e. The third-order valence-corrected chi connectivity index (χ3v) is 11.8. The molecule has 0 bridgehead atoms. The van der Waals surface area contributed by atoms with Gasteiger partial charge in [0.15, 0.2) is 0 Å². The molecule has 6 heteroatoms. The van der Waals surface area contributed by atoms with Gasteiger partial charge < -0.3 is 28.4 Å². The Kier molecular flexibility index (Phi) is 16.6. The van der Waals surface area contributed by atoms with Crippen molar-refractivity contribution >= 4 is 0 Å². The molecule has 4 aromatic carbocycles. The molecule has 3 atom stereocenters. The summed E-state index contributed by atoms with van der Waals surface area (Å²) >= 11 is 0. The van der Waals surface area contributed by atoms with Crippen molar-refractivity contribution in [3.8, 4) is 34.5 Å². The summed E-state index contributed by atoms with van der Waals surface area (Å²) in [4.78, 5) is 0. The zero-order valence-corrected chi connectivity index (χ0v) is 38.0. The minimum absolute atomic E-state index is 0.113. The van der Waals surface area contributed by atoms with Crippen molar-refractivity contribution in [2.45, 2.75) is 159 Å². The maximum atomic E-state index is 6.48. The maximum absolute atomic E-state index is 6.48. The molecule has 4 rings (SSSR count). The first-order valence-electron chi connectivity index (χ1n) is 21.5. The summed E-state index contributed by atoms with van der Waals surface area (Å²) < 4.78 is 37.8. The molecule has 0 amide bonds. The molecule has 0 saturated carbocycles. The van der Waals surface area contributed by atoms with Crippen LogP contribution in [0.2, 0.25) is 0 Å². The van der Waals surface area contributed by atoms with Gasteiger partial charge in [0.05, 0.1) is 39.6 Å². The summed E-state index contributed by atoms with van der Waals surface area (Å²) in [5, 5.41) is 0. The fourth-order valence-electron chi connectivity index (χ4n) is 7.96. The van der Waals surface area contributed by atoms with Gasteiger partial charge in [-0.3, -0.25) is 0 Å². The van der Waals surface area contributed by atoms with Gasteiger partial charge in [0.2, 0.25) is 0 Å². The average molecular weight is 781 g/mol. The van der Waals surface area contributed by atoms with E-state index < -0.39 is 0 Å². The Hall–Kier alpha value is -4.32. The monoisotopic (exact) mass is 781 g/mol. The Bertz CT molecular complexity index is 1720. The first-order chi connectivity index (χ1) is 27.3. The van der Waals surface area contributed by atoms with Gasteiger partial charge in [-0.15, -0.1) is 0 Å². The molecule has 4 aromatic rings. The Morgan fingerprint density at radius 2 is 0.614 bits per heavy atom. The van der Waals surface area contributed by atoms with Crippen LogP contribution in [0.4, 0.5) is 0 Å². The van der Waals surface area contributed by atoms with E-state index in [4.69, 9.17) is 28.4 Å². The largest absolute Gasteiger partial charge is 0.496 e. The average Bonchev–Trinajstić information content (AvgIpc) is 3.20. The van der Waals surface area contributed by atoms with Gasteiger partial charge >= 0.3 is 0 Å². The first kappa shape index (κ1) is 45.4. The predicted molar refractivity (Wildman–Crippen MR) is 237 cm³/mol. The summed E-state index contributed by atoms with van der Waals surface area (Å²) in [7, 11) is 5.33. The van der Waals surface area contributed by atoms with Gasteiger partial charge in [0.25, 0.3) is 0 Å². The Morgan fingerprint density at radius 3 is 0.807 bits per heavy atom. The van der Waals surface area contributed by atoms with Gasteiger partial charge in [-0.25, -0.2) is 0 Å². The van der Waals surface area contributed by atoms with Crippen LogP contribution in [0.25, 0.3) is 0 Å². The molecule has 0 heterocycles. The van der Waals surface area contributed by atoms with E-state index in [2.05, 4.69) is 119 Å². The summed E-state index contributed by atoms with van der Waals surface area (Å²) in [5.74, 6) is 5.40. The second kappa shape index (κ2) is 20.9. The molecule has 0 aliphatic heterocycles. The molecule has 0 radical (unpaired) electrons. The highest BCUT2D eigenvalue weighted by molar-refractivity contribution is 5.60. The van der Waals surface area contributed by atoms with E-state index in [-0.39, 0.29) is 18.3 Å². The number of rotatable bonds is 21. The van der Waals surface area contributed by atoms with Crippen molar-refractivity contribution in [1.82, 2.24) is 0 Å². The van der Waals surface area contributed by atoms with Gasteiger partial charge in [0, 0.05) is 36.0 Å². The lowest BCUT2D eigenvalue weighted by atomic mass is 9.78. The highest BCUT2D eigenvalue weighted by Crippen LogP contribution is 2.41. The second-order valence-electron chi connectivity index (χ2n) is 15.8. The SMILES string of the molecule is CCc1c(Cc2cc(O[C@H](C)CC)c(C)cc2OC)c(CC)c(Cc2cc(O[C@H](C)CC)c(C)cc2OC)c(CC)c1Cc1cc(O[C@H](C)CC)c(C)cc1OC. The standard InChI is InChI=1S/C51H72O6/c1-16-34(10)55-46-28-37(49(52-13)22-31(46)7)25-43-40(19-4)44(26-38-29-47(56-35(11)17-2)32(8)23-50(38)53-14)42(21-6)45(41(43)20-5)27-39-30-48(57-36(12)18-3)33(9)24-51(39)54-15/h22-24,28-30,34-36H,16-21,25-27H2,1-15H3/t34-,35-,36-/m1/s1. The molecule has 0 saturated heterocycles. The molecule has 57 heavy (non-hydrogen) atoms. The fourth-order valence-corrected chi connectivity index (χ4v) is 7.96. The van der Waals surface area contributed by atoms with E-state index in [9.17, 15) is 0 Å². The number of hydrogen-bond donors (Lipinski definition) is 0. The van der Waals surface area contributed by atoms with Crippen molar-refractivity contribution in [3.05, 3.63) is 103 Å². The maximum Gasteiger partial charge on any atom is 0.123 e. The Labute approximate surface area is 345 Å². The van der Waals surface area contributed by atoms with Crippen LogP contribution in [0.3, 0.4) is 0 Å². The molecule has 0 fully saturated rings. The Morgan fingerprint density at radius 1 is 0.368 bits per heavy atom. The molecule has 0 N–H and O–H groups in total. The quantitative estimate of drug-likeness (QED) is 0.0839. The van der Waals surface area contributed by atoms with E-state index in [1.807, 2.05) is 0 Å². The summed E-state index contributed by atoms with van der Waals surface area (Å²) in [5.41, 5.74) is 14.9. The van der Waals surface area contributed by atoms with Crippen molar-refractivity contribution in [2.75, 3.05) is 21.3 Å². The Balaban J connectivity index is 2.09. The molecule has 0 aromatic heterocycles. The third-order valence-electron chi connectivity index (χ3n) is 11.8. The lowest BCUT2D eigenvalue weighted by molar-refractivity contribution is 0.215. The molecule has 0 unspecified atom stereocenters. The van der Waals surface area contributed by atoms with Gasteiger partial charge in [-0.05, 0) is 167 Å². The second-order valence-corrected chi connectivity index (χ2v) is 15.8. The number of aryl methyl sites for hydroxylation is 3. The first-order valence-corrected chi connectivity index (χ1v) is 21.5. The van der Waals surface area contributed by atoms with Crippen molar-refractivity contribution in [2.24, 2.45) is 0 Å². The highest BCUT2D eigenvalue weighted by atomic mass is 16.5. The van der Waals surface area contributed by atoms with Crippen LogP contribution in [-0.2, 0) is 38.5 Å². The van der Waals surface area contributed by atoms with Crippen molar-refractivity contribution in [1.29, 1.82) is 0 Å². The lowest BCUT2D eigenvalue weighted by Crippen LogP contribution is -2.16. The molecule has 0 aliphatic rings. The van der Waals surface area contributed by atoms with Crippen molar-refractivity contribution in [3.63, 3.8) is 0 Å². The van der Waals surface area contributed by atoms with Crippen LogP contribution in [0.5, 0.6) is 34.5 Å². The molecule has 0 spiro atoms. The van der Waals surface area contributed by atoms with E-state index in [1.54, 1.807) is 21.3 Å². The minimum Gasteiger partial charge on any atom is -0.496 e. The molecular weight excluding hydrogens is 709 g/mol. The minimum atomic E-state index is 0.113. The third kappa shape index (κ3) is 10.6. The topological polar surface area (TPSA) is 55.4 Å². The van der Waals surface area contributed by atoms with E-state index in [0.29, 0.717) is 0 Å². The summed E-state index contributed by atoms with van der Waals surface area (Å²) in [6.45, 7) is 26.1. The van der Waals surface area contributed by atoms with Crippen LogP contribution in [0.15, 0.2) is 36.4 Å². The number of ether oxygens (including phenoxy) is 6. The molecular formula is C51H72O6. The lowest BCUT2D eigenvalue weighted by Gasteiger charge is -2.28. The van der Waals surface area contributed by atoms with E-state index >= 15 is 0 Å². The number of benzene rings is 4. The summed E-state index contributed by atoms with van der Waals surface area (Å²) in [6.07, 6.45) is 7.97. The van der Waals surface area contributed by atoms with Crippen LogP contribution in [0.1, 0.15) is 148 Å². The normalized spacial score (nSPS) is 12.9. The van der Waals surface area contributed by atoms with Crippen LogP contribution < -0.4 is 28.4 Å². The number of methoxy groups -OCH3 is 3. The van der Waals surface area contributed by atoms with E-state index in [1.165, 1.54) is 33.4 Å². The van der Waals surface area contributed by atoms with Crippen molar-refractivity contribution < 1.29 is 28.4 Å². The van der Waals surface area contributed by atoms with Crippen LogP contribution >= 0.6 is 0 Å². The molecule has 6 nitrogen and oxygen atoms in total. The van der Waals surface area contributed by atoms with Gasteiger partial charge in [0.1, 0.15) is 34.5 Å². The van der Waals surface area contributed by atoms with Gasteiger partial charge in [-0.2, -0.15) is 0 Å². The molecule has 0 aliphatic carbocycles. The zero-order chi connectivity index (χ0) is 42.0. The van der Waals surface area contributed by atoms with Crippen LogP contribution in [-0.4, -0.2) is 39.6 Å².